The van der Waals surface area contributed by atoms with E-state index in [0.29, 0.717) is 0 Å². The summed E-state index contributed by atoms with van der Waals surface area (Å²) >= 11 is 1.50. The van der Waals surface area contributed by atoms with E-state index in [1.807, 2.05) is 23.6 Å². The predicted molar refractivity (Wildman–Crippen MR) is 76.3 cm³/mol. The number of ether oxygens (including phenoxy) is 1. The number of hydrogen-bond donors (Lipinski definition) is 1. The SMILES string of the molecule is COC(=O)Cc1csc(NC(C)c2ccccc2)n1. The molecule has 100 valence electrons. The van der Waals surface area contributed by atoms with Gasteiger partial charge in [0.05, 0.1) is 25.3 Å². The maximum absolute atomic E-state index is 11.2. The zero-order valence-corrected chi connectivity index (χ0v) is 11.7. The van der Waals surface area contributed by atoms with Crippen LogP contribution in [0.5, 0.6) is 0 Å². The van der Waals surface area contributed by atoms with Crippen molar-refractivity contribution in [2.45, 2.75) is 19.4 Å². The Hall–Kier alpha value is -1.88. The van der Waals surface area contributed by atoms with Crippen LogP contribution in [0, 0.1) is 0 Å². The highest BCUT2D eigenvalue weighted by molar-refractivity contribution is 7.13. The number of nitrogens with zero attached hydrogens (tertiary/aromatic N) is 1. The van der Waals surface area contributed by atoms with Gasteiger partial charge in [0.1, 0.15) is 0 Å². The van der Waals surface area contributed by atoms with Crippen LogP contribution in [0.25, 0.3) is 0 Å². The summed E-state index contributed by atoms with van der Waals surface area (Å²) in [6.07, 6.45) is 0.217. The first kappa shape index (κ1) is 13.5. The van der Waals surface area contributed by atoms with Crippen LogP contribution in [-0.2, 0) is 16.0 Å². The molecule has 1 atom stereocenters. The van der Waals surface area contributed by atoms with E-state index in [-0.39, 0.29) is 18.4 Å². The van der Waals surface area contributed by atoms with Crippen LogP contribution in [0.1, 0.15) is 24.2 Å². The van der Waals surface area contributed by atoms with Crippen molar-refractivity contribution in [1.82, 2.24) is 4.98 Å². The third-order valence-electron chi connectivity index (χ3n) is 2.74. The third kappa shape index (κ3) is 3.79. The molecule has 1 unspecified atom stereocenters. The lowest BCUT2D eigenvalue weighted by atomic mass is 10.1. The lowest BCUT2D eigenvalue weighted by Gasteiger charge is -2.12. The predicted octanol–water partition coefficient (Wildman–Crippen LogP) is 3.03. The van der Waals surface area contributed by atoms with E-state index in [4.69, 9.17) is 0 Å². The maximum Gasteiger partial charge on any atom is 0.311 e. The molecule has 2 rings (SSSR count). The average Bonchev–Trinajstić information content (AvgIpc) is 2.86. The van der Waals surface area contributed by atoms with Crippen molar-refractivity contribution in [2.75, 3.05) is 12.4 Å². The van der Waals surface area contributed by atoms with Gasteiger partial charge in [-0.25, -0.2) is 4.98 Å². The fourth-order valence-electron chi connectivity index (χ4n) is 1.68. The molecule has 0 saturated heterocycles. The van der Waals surface area contributed by atoms with Crippen molar-refractivity contribution in [3.63, 3.8) is 0 Å². The van der Waals surface area contributed by atoms with Crippen LogP contribution in [0.15, 0.2) is 35.7 Å². The normalized spacial score (nSPS) is 11.9. The number of hydrogen-bond acceptors (Lipinski definition) is 5. The fraction of sp³-hybridized carbons (Fsp3) is 0.286. The first-order valence-electron chi connectivity index (χ1n) is 6.01. The van der Waals surface area contributed by atoms with Crippen molar-refractivity contribution in [2.24, 2.45) is 0 Å². The van der Waals surface area contributed by atoms with Gasteiger partial charge in [0.15, 0.2) is 5.13 Å². The Kier molecular flexibility index (Phi) is 4.52. The summed E-state index contributed by atoms with van der Waals surface area (Å²) in [7, 11) is 1.38. The van der Waals surface area contributed by atoms with E-state index in [0.717, 1.165) is 10.8 Å². The molecule has 0 saturated carbocycles. The van der Waals surface area contributed by atoms with E-state index >= 15 is 0 Å². The molecule has 2 aromatic rings. The number of methoxy groups -OCH3 is 1. The topological polar surface area (TPSA) is 51.2 Å². The number of anilines is 1. The first-order chi connectivity index (χ1) is 9.19. The van der Waals surface area contributed by atoms with Gasteiger partial charge in [-0.15, -0.1) is 11.3 Å². The maximum atomic E-state index is 11.2. The minimum Gasteiger partial charge on any atom is -0.469 e. The number of aromatic nitrogens is 1. The van der Waals surface area contributed by atoms with Gasteiger partial charge in [-0.2, -0.15) is 0 Å². The van der Waals surface area contributed by atoms with Crippen molar-refractivity contribution in [3.05, 3.63) is 47.0 Å². The Morgan fingerprint density at radius 3 is 2.84 bits per heavy atom. The average molecular weight is 276 g/mol. The Labute approximate surface area is 116 Å². The highest BCUT2D eigenvalue weighted by Crippen LogP contribution is 2.22. The summed E-state index contributed by atoms with van der Waals surface area (Å²) in [6, 6.07) is 10.3. The molecule has 0 bridgehead atoms. The van der Waals surface area contributed by atoms with E-state index in [2.05, 4.69) is 34.1 Å². The van der Waals surface area contributed by atoms with Crippen LogP contribution < -0.4 is 5.32 Å². The molecule has 1 heterocycles. The van der Waals surface area contributed by atoms with Gasteiger partial charge in [0.25, 0.3) is 0 Å². The third-order valence-corrected chi connectivity index (χ3v) is 3.57. The molecule has 19 heavy (non-hydrogen) atoms. The summed E-state index contributed by atoms with van der Waals surface area (Å²) in [5, 5.41) is 6.01. The summed E-state index contributed by atoms with van der Waals surface area (Å²) in [6.45, 7) is 2.08. The number of esters is 1. The fourth-order valence-corrected chi connectivity index (χ4v) is 2.48. The van der Waals surface area contributed by atoms with Crippen molar-refractivity contribution in [1.29, 1.82) is 0 Å². The molecule has 4 nitrogen and oxygen atoms in total. The smallest absolute Gasteiger partial charge is 0.311 e. The number of rotatable bonds is 5. The standard InChI is InChI=1S/C14H16N2O2S/c1-10(11-6-4-3-5-7-11)15-14-16-12(9-19-14)8-13(17)18-2/h3-7,9-10H,8H2,1-2H3,(H,15,16). The van der Waals surface area contributed by atoms with Gasteiger partial charge in [0, 0.05) is 5.38 Å². The Morgan fingerprint density at radius 2 is 2.16 bits per heavy atom. The van der Waals surface area contributed by atoms with Crippen LogP contribution >= 0.6 is 11.3 Å². The van der Waals surface area contributed by atoms with Crippen molar-refractivity contribution < 1.29 is 9.53 Å². The molecule has 0 aliphatic carbocycles. The summed E-state index contributed by atoms with van der Waals surface area (Å²) < 4.78 is 4.62. The molecule has 5 heteroatoms. The zero-order valence-electron chi connectivity index (χ0n) is 10.9. The summed E-state index contributed by atoms with van der Waals surface area (Å²) in [5.41, 5.74) is 1.94. The largest absolute Gasteiger partial charge is 0.469 e. The molecule has 0 aliphatic heterocycles. The van der Waals surface area contributed by atoms with E-state index in [1.54, 1.807) is 0 Å². The van der Waals surface area contributed by atoms with Gasteiger partial charge in [-0.3, -0.25) is 4.79 Å². The second-order valence-corrected chi connectivity index (χ2v) is 5.03. The molecule has 0 amide bonds. The monoisotopic (exact) mass is 276 g/mol. The lowest BCUT2D eigenvalue weighted by molar-refractivity contribution is -0.139. The van der Waals surface area contributed by atoms with E-state index in [9.17, 15) is 4.79 Å². The minimum atomic E-state index is -0.270. The second-order valence-electron chi connectivity index (χ2n) is 4.17. The molecule has 1 aromatic heterocycles. The highest BCUT2D eigenvalue weighted by atomic mass is 32.1. The lowest BCUT2D eigenvalue weighted by Crippen LogP contribution is -2.07. The number of carbonyl (C=O) groups excluding carboxylic acids is 1. The molecule has 1 N–H and O–H groups in total. The molecule has 0 fully saturated rings. The molecule has 1 aromatic carbocycles. The van der Waals surface area contributed by atoms with Crippen LogP contribution in [0.4, 0.5) is 5.13 Å². The molecule has 0 radical (unpaired) electrons. The van der Waals surface area contributed by atoms with Crippen LogP contribution in [0.2, 0.25) is 0 Å². The molecular weight excluding hydrogens is 260 g/mol. The van der Waals surface area contributed by atoms with Gasteiger partial charge < -0.3 is 10.1 Å². The van der Waals surface area contributed by atoms with E-state index < -0.39 is 0 Å². The quantitative estimate of drug-likeness (QED) is 0.853. The van der Waals surface area contributed by atoms with Crippen LogP contribution in [-0.4, -0.2) is 18.1 Å². The number of thiazole rings is 1. The molecule has 0 aliphatic rings. The molecular formula is C14H16N2O2S. The Balaban J connectivity index is 1.98. The first-order valence-corrected chi connectivity index (χ1v) is 6.89. The van der Waals surface area contributed by atoms with E-state index in [1.165, 1.54) is 24.0 Å². The van der Waals surface area contributed by atoms with Crippen LogP contribution in [0.3, 0.4) is 0 Å². The zero-order chi connectivity index (χ0) is 13.7. The Bertz CT molecular complexity index is 539. The Morgan fingerprint density at radius 1 is 1.42 bits per heavy atom. The van der Waals surface area contributed by atoms with Gasteiger partial charge in [-0.05, 0) is 12.5 Å². The second kappa shape index (κ2) is 6.33. The summed E-state index contributed by atoms with van der Waals surface area (Å²) in [4.78, 5) is 15.5. The number of benzene rings is 1. The van der Waals surface area contributed by atoms with Gasteiger partial charge in [0.2, 0.25) is 0 Å². The number of carbonyl (C=O) groups is 1. The van der Waals surface area contributed by atoms with Gasteiger partial charge >= 0.3 is 5.97 Å². The molecule has 0 spiro atoms. The minimum absolute atomic E-state index is 0.179. The highest BCUT2D eigenvalue weighted by Gasteiger charge is 2.10. The van der Waals surface area contributed by atoms with Crippen molar-refractivity contribution >= 4 is 22.4 Å². The van der Waals surface area contributed by atoms with Gasteiger partial charge in [-0.1, -0.05) is 30.3 Å². The summed E-state index contributed by atoms with van der Waals surface area (Å²) in [5.74, 6) is -0.270. The number of nitrogens with one attached hydrogen (secondary N) is 1. The van der Waals surface area contributed by atoms with Crippen molar-refractivity contribution in [3.8, 4) is 0 Å².